The maximum atomic E-state index is 11.9. The van der Waals surface area contributed by atoms with Crippen LogP contribution in [0.1, 0.15) is 45.4 Å². The third kappa shape index (κ3) is 3.73. The minimum atomic E-state index is -0.505. The quantitative estimate of drug-likeness (QED) is 0.898. The number of piperidine rings is 1. The van der Waals surface area contributed by atoms with E-state index in [9.17, 15) is 4.79 Å². The van der Waals surface area contributed by atoms with Crippen molar-refractivity contribution >= 4 is 22.4 Å². The number of nitrogen functional groups attached to an aromatic ring is 1. The van der Waals surface area contributed by atoms with Gasteiger partial charge < -0.3 is 15.1 Å². The number of carbonyl (C=O) groups excluding carboxylic acids is 1. The maximum Gasteiger partial charge on any atom is 0.330 e. The van der Waals surface area contributed by atoms with Crippen molar-refractivity contribution in [1.29, 1.82) is 0 Å². The molecule has 3 heterocycles. The van der Waals surface area contributed by atoms with Gasteiger partial charge in [0.25, 0.3) is 0 Å². The molecular weight excluding hydrogens is 330 g/mol. The lowest BCUT2D eigenvalue weighted by Crippen LogP contribution is -2.38. The number of thiazole rings is 1. The molecule has 2 aromatic rings. The van der Waals surface area contributed by atoms with Gasteiger partial charge in [0.2, 0.25) is 11.7 Å². The van der Waals surface area contributed by atoms with Gasteiger partial charge in [-0.25, -0.2) is 9.78 Å². The van der Waals surface area contributed by atoms with E-state index in [0.717, 1.165) is 17.7 Å². The molecule has 1 saturated heterocycles. The van der Waals surface area contributed by atoms with Crippen LogP contribution in [0.4, 0.5) is 5.13 Å². The Morgan fingerprint density at radius 1 is 1.42 bits per heavy atom. The molecule has 2 N–H and O–H groups in total. The highest BCUT2D eigenvalue weighted by Crippen LogP contribution is 2.31. The molecule has 0 unspecified atom stereocenters. The molecule has 1 aliphatic heterocycles. The summed E-state index contributed by atoms with van der Waals surface area (Å²) in [6, 6.07) is 0. The highest BCUT2D eigenvalue weighted by Gasteiger charge is 2.30. The van der Waals surface area contributed by atoms with Crippen molar-refractivity contribution in [3.8, 4) is 10.7 Å². The molecule has 0 bridgehead atoms. The highest BCUT2D eigenvalue weighted by molar-refractivity contribution is 7.18. The number of aromatic nitrogens is 3. The van der Waals surface area contributed by atoms with Gasteiger partial charge in [-0.3, -0.25) is 0 Å². The molecule has 0 radical (unpaired) electrons. The average molecular weight is 351 g/mol. The number of rotatable bonds is 3. The number of hydrogen-bond donors (Lipinski definition) is 1. The standard InChI is InChI=1S/C15H21N5O3S/c1-15(2,3)13(21)23-20-6-4-9(5-7-20)12-18-11(19-22-12)10-8-17-14(16)24-10/h8-9H,4-7H2,1-3H3,(H2,16,17). The van der Waals surface area contributed by atoms with Gasteiger partial charge >= 0.3 is 5.97 Å². The van der Waals surface area contributed by atoms with Gasteiger partial charge in [-0.1, -0.05) is 16.5 Å². The average Bonchev–Trinajstić information content (AvgIpc) is 3.16. The van der Waals surface area contributed by atoms with Crippen LogP contribution in [-0.4, -0.2) is 39.2 Å². The van der Waals surface area contributed by atoms with Crippen molar-refractivity contribution in [3.05, 3.63) is 12.1 Å². The second-order valence-electron chi connectivity index (χ2n) is 6.85. The number of nitrogens with two attached hydrogens (primary N) is 1. The molecule has 0 atom stereocenters. The zero-order valence-electron chi connectivity index (χ0n) is 14.0. The Hall–Kier alpha value is -2.00. The number of hydrogen-bond acceptors (Lipinski definition) is 9. The zero-order chi connectivity index (χ0) is 17.3. The first-order valence-electron chi connectivity index (χ1n) is 7.85. The fourth-order valence-electron chi connectivity index (χ4n) is 2.34. The summed E-state index contributed by atoms with van der Waals surface area (Å²) in [6.45, 7) is 6.83. The van der Waals surface area contributed by atoms with E-state index in [4.69, 9.17) is 15.1 Å². The monoisotopic (exact) mass is 351 g/mol. The topological polar surface area (TPSA) is 107 Å². The van der Waals surface area contributed by atoms with Gasteiger partial charge in [-0.2, -0.15) is 4.98 Å². The molecule has 24 heavy (non-hydrogen) atoms. The molecule has 1 aliphatic rings. The van der Waals surface area contributed by atoms with E-state index in [-0.39, 0.29) is 11.9 Å². The summed E-state index contributed by atoms with van der Waals surface area (Å²) in [7, 11) is 0. The Kier molecular flexibility index (Phi) is 4.55. The maximum absolute atomic E-state index is 11.9. The summed E-state index contributed by atoms with van der Waals surface area (Å²) >= 11 is 1.33. The number of nitrogens with zero attached hydrogens (tertiary/aromatic N) is 4. The fraction of sp³-hybridized carbons (Fsp3) is 0.600. The molecule has 0 aliphatic carbocycles. The minimum absolute atomic E-state index is 0.168. The number of carbonyl (C=O) groups is 1. The Bertz CT molecular complexity index is 713. The Balaban J connectivity index is 1.57. The van der Waals surface area contributed by atoms with Crippen LogP contribution in [0.5, 0.6) is 0 Å². The van der Waals surface area contributed by atoms with E-state index in [2.05, 4.69) is 15.1 Å². The largest absolute Gasteiger partial charge is 0.375 e. The predicted molar refractivity (Wildman–Crippen MR) is 88.9 cm³/mol. The van der Waals surface area contributed by atoms with E-state index >= 15 is 0 Å². The molecule has 8 nitrogen and oxygen atoms in total. The van der Waals surface area contributed by atoms with Crippen LogP contribution >= 0.6 is 11.3 Å². The molecule has 0 saturated carbocycles. The van der Waals surface area contributed by atoms with Gasteiger partial charge in [-0.05, 0) is 33.6 Å². The van der Waals surface area contributed by atoms with E-state index in [1.807, 2.05) is 20.8 Å². The first kappa shape index (κ1) is 16.8. The molecule has 0 aromatic carbocycles. The molecule has 130 valence electrons. The van der Waals surface area contributed by atoms with Gasteiger partial charge in [-0.15, -0.1) is 5.06 Å². The van der Waals surface area contributed by atoms with Crippen molar-refractivity contribution in [2.24, 2.45) is 5.41 Å². The smallest absolute Gasteiger partial charge is 0.330 e. The summed E-state index contributed by atoms with van der Waals surface area (Å²) in [5.74, 6) is 1.07. The van der Waals surface area contributed by atoms with Crippen LogP contribution in [0.3, 0.4) is 0 Å². The Labute approximate surface area is 144 Å². The number of hydroxylamine groups is 2. The lowest BCUT2D eigenvalue weighted by atomic mass is 9.97. The van der Waals surface area contributed by atoms with Crippen LogP contribution in [0.2, 0.25) is 0 Å². The lowest BCUT2D eigenvalue weighted by Gasteiger charge is -2.30. The van der Waals surface area contributed by atoms with E-state index in [1.165, 1.54) is 11.3 Å². The van der Waals surface area contributed by atoms with Crippen molar-refractivity contribution in [2.75, 3.05) is 18.8 Å². The van der Waals surface area contributed by atoms with E-state index < -0.39 is 5.41 Å². The summed E-state index contributed by atoms with van der Waals surface area (Å²) in [5.41, 5.74) is 5.12. The first-order valence-corrected chi connectivity index (χ1v) is 8.67. The summed E-state index contributed by atoms with van der Waals surface area (Å²) in [6.07, 6.45) is 3.23. The molecule has 0 spiro atoms. The normalized spacial score (nSPS) is 17.1. The van der Waals surface area contributed by atoms with Gasteiger partial charge in [0.1, 0.15) is 0 Å². The fourth-order valence-corrected chi connectivity index (χ4v) is 2.95. The molecular formula is C15H21N5O3S. The third-order valence-corrected chi connectivity index (χ3v) is 4.64. The third-order valence-electron chi connectivity index (χ3n) is 3.81. The summed E-state index contributed by atoms with van der Waals surface area (Å²) < 4.78 is 5.39. The summed E-state index contributed by atoms with van der Waals surface area (Å²) in [5, 5.41) is 6.20. The van der Waals surface area contributed by atoms with Crippen LogP contribution in [0.25, 0.3) is 10.7 Å². The molecule has 1 fully saturated rings. The Morgan fingerprint density at radius 2 is 2.12 bits per heavy atom. The van der Waals surface area contributed by atoms with Crippen molar-refractivity contribution in [3.63, 3.8) is 0 Å². The first-order chi connectivity index (χ1) is 11.3. The van der Waals surface area contributed by atoms with Gasteiger partial charge in [0.05, 0.1) is 16.5 Å². The van der Waals surface area contributed by atoms with Crippen LogP contribution in [0, 0.1) is 5.41 Å². The van der Waals surface area contributed by atoms with Crippen LogP contribution < -0.4 is 5.73 Å². The van der Waals surface area contributed by atoms with Crippen LogP contribution in [-0.2, 0) is 9.63 Å². The van der Waals surface area contributed by atoms with Gasteiger partial charge in [0, 0.05) is 19.0 Å². The second kappa shape index (κ2) is 6.48. The highest BCUT2D eigenvalue weighted by atomic mass is 32.1. The zero-order valence-corrected chi connectivity index (χ0v) is 14.8. The molecule has 9 heteroatoms. The van der Waals surface area contributed by atoms with Crippen LogP contribution in [0.15, 0.2) is 10.7 Å². The van der Waals surface area contributed by atoms with Crippen molar-refractivity contribution in [1.82, 2.24) is 20.2 Å². The predicted octanol–water partition coefficient (Wildman–Crippen LogP) is 2.46. The Morgan fingerprint density at radius 3 is 2.71 bits per heavy atom. The SMILES string of the molecule is CC(C)(C)C(=O)ON1CCC(c2nc(-c3cnc(N)s3)no2)CC1. The van der Waals surface area contributed by atoms with Crippen molar-refractivity contribution < 1.29 is 14.2 Å². The molecule has 3 rings (SSSR count). The molecule has 2 aromatic heterocycles. The van der Waals surface area contributed by atoms with Crippen molar-refractivity contribution in [2.45, 2.75) is 39.5 Å². The lowest BCUT2D eigenvalue weighted by molar-refractivity contribution is -0.204. The van der Waals surface area contributed by atoms with E-state index in [0.29, 0.717) is 29.9 Å². The second-order valence-corrected chi connectivity index (χ2v) is 7.91. The molecule has 0 amide bonds. The van der Waals surface area contributed by atoms with E-state index in [1.54, 1.807) is 11.3 Å². The minimum Gasteiger partial charge on any atom is -0.375 e. The number of anilines is 1. The summed E-state index contributed by atoms with van der Waals surface area (Å²) in [4.78, 5) is 26.6. The van der Waals surface area contributed by atoms with Gasteiger partial charge in [0.15, 0.2) is 5.13 Å².